The van der Waals surface area contributed by atoms with Gasteiger partial charge in [-0.05, 0) is 70.5 Å². The maximum atomic E-state index is 12.5. The van der Waals surface area contributed by atoms with E-state index in [4.69, 9.17) is 0 Å². The zero-order valence-electron chi connectivity index (χ0n) is 11.2. The quantitative estimate of drug-likeness (QED) is 0.836. The lowest BCUT2D eigenvalue weighted by atomic mass is 9.93. The van der Waals surface area contributed by atoms with E-state index in [-0.39, 0.29) is 5.91 Å². The Labute approximate surface area is 127 Å². The van der Waals surface area contributed by atoms with Gasteiger partial charge in [-0.25, -0.2) is 0 Å². The van der Waals surface area contributed by atoms with Gasteiger partial charge in [0.15, 0.2) is 0 Å². The molecule has 1 aliphatic heterocycles. The van der Waals surface area contributed by atoms with E-state index in [2.05, 4.69) is 28.3 Å². The Morgan fingerprint density at radius 2 is 2.10 bits per heavy atom. The Balaban J connectivity index is 1.38. The predicted octanol–water partition coefficient (Wildman–Crippen LogP) is 4.00. The summed E-state index contributed by atoms with van der Waals surface area (Å²) in [6.45, 7) is 1.85. The highest BCUT2D eigenvalue weighted by molar-refractivity contribution is 7.12. The minimum atomic E-state index is 0.267. The van der Waals surface area contributed by atoms with E-state index in [1.165, 1.54) is 24.0 Å². The van der Waals surface area contributed by atoms with Crippen LogP contribution in [-0.2, 0) is 6.42 Å². The molecule has 2 nitrogen and oxygen atoms in total. The third-order valence-corrected chi connectivity index (χ3v) is 5.91. The van der Waals surface area contributed by atoms with Gasteiger partial charge in [0.25, 0.3) is 5.91 Å². The van der Waals surface area contributed by atoms with Gasteiger partial charge in [-0.3, -0.25) is 4.79 Å². The SMILES string of the molecule is O=C(c1sccc1C1CC1)N1CC(Cc2ccsc2)C1. The summed E-state index contributed by atoms with van der Waals surface area (Å²) in [6.07, 6.45) is 3.64. The van der Waals surface area contributed by atoms with Gasteiger partial charge in [-0.2, -0.15) is 11.3 Å². The highest BCUT2D eigenvalue weighted by atomic mass is 32.1. The van der Waals surface area contributed by atoms with E-state index in [1.807, 2.05) is 4.90 Å². The summed E-state index contributed by atoms with van der Waals surface area (Å²) in [7, 11) is 0. The molecule has 0 bridgehead atoms. The summed E-state index contributed by atoms with van der Waals surface area (Å²) < 4.78 is 0. The van der Waals surface area contributed by atoms with E-state index in [0.717, 1.165) is 24.4 Å². The monoisotopic (exact) mass is 303 g/mol. The first-order valence-electron chi connectivity index (χ1n) is 7.19. The molecule has 0 radical (unpaired) electrons. The average Bonchev–Trinajstić information content (AvgIpc) is 2.92. The second-order valence-electron chi connectivity index (χ2n) is 5.89. The maximum Gasteiger partial charge on any atom is 0.264 e. The standard InChI is InChI=1S/C16H17NOS2/c18-16(15-14(4-6-20-15)13-1-2-13)17-8-12(9-17)7-11-3-5-19-10-11/h3-6,10,12-13H,1-2,7-9H2. The molecule has 3 heterocycles. The number of nitrogens with zero attached hydrogens (tertiary/aromatic N) is 1. The lowest BCUT2D eigenvalue weighted by Gasteiger charge is -2.39. The molecule has 4 heteroatoms. The third kappa shape index (κ3) is 2.31. The fourth-order valence-corrected chi connectivity index (χ4v) is 4.59. The van der Waals surface area contributed by atoms with Gasteiger partial charge in [-0.15, -0.1) is 11.3 Å². The van der Waals surface area contributed by atoms with Gasteiger partial charge in [0.2, 0.25) is 0 Å². The van der Waals surface area contributed by atoms with Crippen molar-refractivity contribution in [2.75, 3.05) is 13.1 Å². The zero-order chi connectivity index (χ0) is 13.5. The Kier molecular flexibility index (Phi) is 3.15. The highest BCUT2D eigenvalue weighted by Gasteiger charge is 2.35. The minimum Gasteiger partial charge on any atom is -0.337 e. The van der Waals surface area contributed by atoms with Crippen LogP contribution < -0.4 is 0 Å². The van der Waals surface area contributed by atoms with Gasteiger partial charge < -0.3 is 4.90 Å². The number of amides is 1. The second kappa shape index (κ2) is 5.01. The molecule has 0 aromatic carbocycles. The van der Waals surface area contributed by atoms with Crippen LogP contribution in [0.5, 0.6) is 0 Å². The van der Waals surface area contributed by atoms with Gasteiger partial charge in [0.05, 0.1) is 4.88 Å². The summed E-state index contributed by atoms with van der Waals surface area (Å²) in [5, 5.41) is 6.42. The van der Waals surface area contributed by atoms with Gasteiger partial charge in [-0.1, -0.05) is 0 Å². The summed E-state index contributed by atoms with van der Waals surface area (Å²) in [6, 6.07) is 4.35. The van der Waals surface area contributed by atoms with Gasteiger partial charge in [0.1, 0.15) is 0 Å². The Morgan fingerprint density at radius 1 is 1.25 bits per heavy atom. The van der Waals surface area contributed by atoms with Crippen LogP contribution in [0.3, 0.4) is 0 Å². The maximum absolute atomic E-state index is 12.5. The number of likely N-dealkylation sites (tertiary alicyclic amines) is 1. The lowest BCUT2D eigenvalue weighted by molar-refractivity contribution is 0.0505. The van der Waals surface area contributed by atoms with Crippen molar-refractivity contribution < 1.29 is 4.79 Å². The first-order valence-corrected chi connectivity index (χ1v) is 9.01. The van der Waals surface area contributed by atoms with Crippen molar-refractivity contribution in [1.82, 2.24) is 4.90 Å². The van der Waals surface area contributed by atoms with Gasteiger partial charge >= 0.3 is 0 Å². The van der Waals surface area contributed by atoms with E-state index in [9.17, 15) is 4.79 Å². The van der Waals surface area contributed by atoms with Crippen molar-refractivity contribution >= 4 is 28.6 Å². The first-order chi connectivity index (χ1) is 9.81. The molecule has 0 spiro atoms. The number of thiophene rings is 2. The van der Waals surface area contributed by atoms with Crippen LogP contribution in [0.2, 0.25) is 0 Å². The van der Waals surface area contributed by atoms with Crippen LogP contribution in [-0.4, -0.2) is 23.9 Å². The molecule has 4 rings (SSSR count). The van der Waals surface area contributed by atoms with E-state index >= 15 is 0 Å². The fourth-order valence-electron chi connectivity index (χ4n) is 2.96. The number of hydrogen-bond acceptors (Lipinski definition) is 3. The zero-order valence-corrected chi connectivity index (χ0v) is 12.9. The first kappa shape index (κ1) is 12.6. The van der Waals surface area contributed by atoms with Crippen LogP contribution in [0.1, 0.15) is 39.6 Å². The molecule has 1 saturated heterocycles. The summed E-state index contributed by atoms with van der Waals surface area (Å²) in [5.41, 5.74) is 2.73. The number of rotatable bonds is 4. The summed E-state index contributed by atoms with van der Waals surface area (Å²) >= 11 is 3.38. The second-order valence-corrected chi connectivity index (χ2v) is 7.59. The lowest BCUT2D eigenvalue weighted by Crippen LogP contribution is -2.50. The van der Waals surface area contributed by atoms with Gasteiger partial charge in [0, 0.05) is 13.1 Å². The Morgan fingerprint density at radius 3 is 2.80 bits per heavy atom. The molecule has 2 aromatic rings. The van der Waals surface area contributed by atoms with E-state index in [0.29, 0.717) is 11.8 Å². The van der Waals surface area contributed by atoms with Crippen molar-refractivity contribution in [2.24, 2.45) is 5.92 Å². The smallest absolute Gasteiger partial charge is 0.264 e. The predicted molar refractivity (Wildman–Crippen MR) is 83.7 cm³/mol. The van der Waals surface area contributed by atoms with E-state index in [1.54, 1.807) is 22.7 Å². The van der Waals surface area contributed by atoms with Crippen molar-refractivity contribution in [1.29, 1.82) is 0 Å². The van der Waals surface area contributed by atoms with Crippen molar-refractivity contribution in [3.63, 3.8) is 0 Å². The number of hydrogen-bond donors (Lipinski definition) is 0. The molecule has 20 heavy (non-hydrogen) atoms. The molecule has 0 N–H and O–H groups in total. The van der Waals surface area contributed by atoms with Crippen LogP contribution in [0.15, 0.2) is 28.3 Å². The van der Waals surface area contributed by atoms with E-state index < -0.39 is 0 Å². The molecule has 2 aromatic heterocycles. The molecule has 0 unspecified atom stereocenters. The molecular formula is C16H17NOS2. The molecular weight excluding hydrogens is 286 g/mol. The highest BCUT2D eigenvalue weighted by Crippen LogP contribution is 2.43. The molecule has 0 atom stereocenters. The molecule has 1 saturated carbocycles. The Hall–Kier alpha value is -1.13. The third-order valence-electron chi connectivity index (χ3n) is 4.26. The topological polar surface area (TPSA) is 20.3 Å². The van der Waals surface area contributed by atoms with Crippen molar-refractivity contribution in [3.8, 4) is 0 Å². The largest absolute Gasteiger partial charge is 0.337 e. The summed E-state index contributed by atoms with van der Waals surface area (Å²) in [5.74, 6) is 1.59. The molecule has 2 fully saturated rings. The fraction of sp³-hybridized carbons (Fsp3) is 0.438. The molecule has 2 aliphatic rings. The molecule has 104 valence electrons. The van der Waals surface area contributed by atoms with Crippen LogP contribution in [0, 0.1) is 5.92 Å². The van der Waals surface area contributed by atoms with Crippen LogP contribution in [0.25, 0.3) is 0 Å². The summed E-state index contributed by atoms with van der Waals surface area (Å²) in [4.78, 5) is 15.6. The van der Waals surface area contributed by atoms with Crippen molar-refractivity contribution in [2.45, 2.75) is 25.2 Å². The molecule has 1 amide bonds. The Bertz CT molecular complexity index is 606. The van der Waals surface area contributed by atoms with Crippen LogP contribution in [0.4, 0.5) is 0 Å². The normalized spacial score (nSPS) is 19.1. The average molecular weight is 303 g/mol. The minimum absolute atomic E-state index is 0.267. The molecule has 1 aliphatic carbocycles. The van der Waals surface area contributed by atoms with Crippen LogP contribution >= 0.6 is 22.7 Å². The van der Waals surface area contributed by atoms with Crippen molar-refractivity contribution in [3.05, 3.63) is 44.3 Å². The number of carbonyl (C=O) groups is 1. The number of carbonyl (C=O) groups excluding carboxylic acids is 1.